The van der Waals surface area contributed by atoms with Gasteiger partial charge in [-0.2, -0.15) is 0 Å². The van der Waals surface area contributed by atoms with Gasteiger partial charge in [-0.15, -0.1) is 0 Å². The molecular weight excluding hydrogens is 380 g/mol. The number of para-hydroxylation sites is 1. The fourth-order valence-electron chi connectivity index (χ4n) is 3.24. The van der Waals surface area contributed by atoms with Crippen LogP contribution in [0.5, 0.6) is 0 Å². The second kappa shape index (κ2) is 7.36. The highest BCUT2D eigenvalue weighted by Crippen LogP contribution is 2.22. The van der Waals surface area contributed by atoms with Crippen LogP contribution in [0.4, 0.5) is 0 Å². The van der Waals surface area contributed by atoms with Crippen LogP contribution < -0.4 is 16.6 Å². The molecule has 0 aliphatic carbocycles. The average molecular weight is 397 g/mol. The van der Waals surface area contributed by atoms with E-state index in [1.165, 1.54) is 0 Å². The Kier molecular flexibility index (Phi) is 4.75. The summed E-state index contributed by atoms with van der Waals surface area (Å²) in [6, 6.07) is 12.3. The third-order valence-electron chi connectivity index (χ3n) is 4.64. The molecule has 0 unspecified atom stereocenters. The monoisotopic (exact) mass is 396 g/mol. The molecule has 28 heavy (non-hydrogen) atoms. The molecule has 0 aliphatic heterocycles. The van der Waals surface area contributed by atoms with E-state index in [1.54, 1.807) is 24.3 Å². The van der Waals surface area contributed by atoms with Gasteiger partial charge in [0.1, 0.15) is 6.54 Å². The van der Waals surface area contributed by atoms with Crippen LogP contribution in [0.2, 0.25) is 5.02 Å². The molecule has 0 spiro atoms. The normalized spacial score (nSPS) is 11.2. The first-order valence-corrected chi connectivity index (χ1v) is 9.15. The first kappa shape index (κ1) is 18.1. The topological polar surface area (TPSA) is 99.8 Å². The summed E-state index contributed by atoms with van der Waals surface area (Å²) in [6.07, 6.45) is 2.47. The van der Waals surface area contributed by atoms with Crippen molar-refractivity contribution in [1.82, 2.24) is 19.9 Å². The van der Waals surface area contributed by atoms with Crippen molar-refractivity contribution < 1.29 is 4.79 Å². The van der Waals surface area contributed by atoms with Gasteiger partial charge in [0.25, 0.3) is 5.56 Å². The second-order valence-corrected chi connectivity index (χ2v) is 6.91. The van der Waals surface area contributed by atoms with Crippen LogP contribution in [0.15, 0.2) is 58.3 Å². The predicted octanol–water partition coefficient (Wildman–Crippen LogP) is 2.18. The quantitative estimate of drug-likeness (QED) is 0.482. The minimum Gasteiger partial charge on any atom is -0.361 e. The second-order valence-electron chi connectivity index (χ2n) is 6.47. The molecule has 3 N–H and O–H groups in total. The minimum absolute atomic E-state index is 0.335. The van der Waals surface area contributed by atoms with Crippen molar-refractivity contribution in [2.75, 3.05) is 6.54 Å². The van der Waals surface area contributed by atoms with Crippen LogP contribution >= 0.6 is 11.6 Å². The fraction of sp³-hybridized carbons (Fsp3) is 0.150. The Morgan fingerprint density at radius 2 is 1.89 bits per heavy atom. The molecular formula is C20H17ClN4O3. The number of halogens is 1. The fourth-order valence-corrected chi connectivity index (χ4v) is 3.41. The Labute approximate surface area is 164 Å². The highest BCUT2D eigenvalue weighted by Gasteiger charge is 2.11. The largest absolute Gasteiger partial charge is 0.361 e. The third-order valence-corrected chi connectivity index (χ3v) is 4.87. The van der Waals surface area contributed by atoms with Crippen molar-refractivity contribution >= 4 is 39.3 Å². The lowest BCUT2D eigenvalue weighted by molar-refractivity contribution is -0.121. The van der Waals surface area contributed by atoms with Gasteiger partial charge in [0.15, 0.2) is 0 Å². The van der Waals surface area contributed by atoms with Crippen molar-refractivity contribution in [2.24, 2.45) is 0 Å². The van der Waals surface area contributed by atoms with Crippen LogP contribution in [-0.4, -0.2) is 27.0 Å². The minimum atomic E-state index is -0.606. The van der Waals surface area contributed by atoms with Crippen LogP contribution in [0.3, 0.4) is 0 Å². The van der Waals surface area contributed by atoms with E-state index in [2.05, 4.69) is 15.3 Å². The van der Waals surface area contributed by atoms with Crippen LogP contribution in [0, 0.1) is 0 Å². The zero-order chi connectivity index (χ0) is 19.7. The van der Waals surface area contributed by atoms with Crippen LogP contribution in [0.1, 0.15) is 5.56 Å². The van der Waals surface area contributed by atoms with Crippen molar-refractivity contribution in [3.05, 3.63) is 80.1 Å². The molecule has 0 fully saturated rings. The zero-order valence-corrected chi connectivity index (χ0v) is 15.5. The molecule has 2 aromatic heterocycles. The number of carbonyl (C=O) groups is 1. The SMILES string of the molecule is O=C(Cn1c(=O)[nH]c2ccccc2c1=O)NCCc1c[nH]c2ccc(Cl)cc12. The maximum absolute atomic E-state index is 12.5. The molecule has 2 heterocycles. The molecule has 0 radical (unpaired) electrons. The van der Waals surface area contributed by atoms with Gasteiger partial charge in [-0.25, -0.2) is 4.79 Å². The maximum Gasteiger partial charge on any atom is 0.329 e. The van der Waals surface area contributed by atoms with Crippen molar-refractivity contribution in [3.8, 4) is 0 Å². The van der Waals surface area contributed by atoms with E-state index in [0.717, 1.165) is 21.0 Å². The van der Waals surface area contributed by atoms with Crippen LogP contribution in [0.25, 0.3) is 21.8 Å². The van der Waals surface area contributed by atoms with Gasteiger partial charge in [-0.05, 0) is 42.3 Å². The molecule has 7 nitrogen and oxygen atoms in total. The molecule has 142 valence electrons. The number of fused-ring (bicyclic) bond motifs is 2. The van der Waals surface area contributed by atoms with Crippen LogP contribution in [-0.2, 0) is 17.8 Å². The van der Waals surface area contributed by atoms with E-state index in [1.807, 2.05) is 24.4 Å². The number of nitrogens with zero attached hydrogens (tertiary/aromatic N) is 1. The van der Waals surface area contributed by atoms with Gasteiger partial charge in [0.05, 0.1) is 10.9 Å². The summed E-state index contributed by atoms with van der Waals surface area (Å²) in [6.45, 7) is 0.0389. The summed E-state index contributed by atoms with van der Waals surface area (Å²) >= 11 is 6.04. The first-order valence-electron chi connectivity index (χ1n) is 8.77. The Morgan fingerprint density at radius 1 is 1.07 bits per heavy atom. The van der Waals surface area contributed by atoms with E-state index >= 15 is 0 Å². The van der Waals surface area contributed by atoms with Gasteiger partial charge in [0.2, 0.25) is 5.91 Å². The van der Waals surface area contributed by atoms with Crippen molar-refractivity contribution in [2.45, 2.75) is 13.0 Å². The smallest absolute Gasteiger partial charge is 0.329 e. The summed E-state index contributed by atoms with van der Waals surface area (Å²) in [5.74, 6) is -0.402. The molecule has 8 heteroatoms. The summed E-state index contributed by atoms with van der Waals surface area (Å²) in [7, 11) is 0. The molecule has 0 atom stereocenters. The lowest BCUT2D eigenvalue weighted by Gasteiger charge is -2.08. The lowest BCUT2D eigenvalue weighted by atomic mass is 10.1. The number of hydrogen-bond donors (Lipinski definition) is 3. The number of rotatable bonds is 5. The summed E-state index contributed by atoms with van der Waals surface area (Å²) < 4.78 is 0.906. The van der Waals surface area contributed by atoms with Crippen molar-refractivity contribution in [1.29, 1.82) is 0 Å². The first-order chi connectivity index (χ1) is 13.5. The zero-order valence-electron chi connectivity index (χ0n) is 14.8. The Bertz CT molecular complexity index is 1300. The van der Waals surface area contributed by atoms with E-state index < -0.39 is 17.2 Å². The average Bonchev–Trinajstić information content (AvgIpc) is 3.07. The number of benzene rings is 2. The molecule has 1 amide bonds. The van der Waals surface area contributed by atoms with E-state index in [9.17, 15) is 14.4 Å². The molecule has 4 rings (SSSR count). The Balaban J connectivity index is 1.45. The summed E-state index contributed by atoms with van der Waals surface area (Å²) in [5, 5.41) is 4.77. The van der Waals surface area contributed by atoms with E-state index in [0.29, 0.717) is 28.9 Å². The third kappa shape index (κ3) is 3.44. The van der Waals surface area contributed by atoms with Gasteiger partial charge >= 0.3 is 5.69 Å². The molecule has 0 saturated heterocycles. The Hall–Kier alpha value is -3.32. The number of nitrogens with one attached hydrogen (secondary N) is 3. The molecule has 0 saturated carbocycles. The molecule has 0 bridgehead atoms. The van der Waals surface area contributed by atoms with E-state index in [-0.39, 0.29) is 6.54 Å². The molecule has 4 aromatic rings. The van der Waals surface area contributed by atoms with Gasteiger partial charge in [-0.1, -0.05) is 23.7 Å². The standard InChI is InChI=1S/C20H17ClN4O3/c21-13-5-6-16-15(9-13)12(10-23-16)7-8-22-18(26)11-25-19(27)14-3-1-2-4-17(14)24-20(25)28/h1-6,9-10,23H,7-8,11H2,(H,22,26)(H,24,28). The number of amides is 1. The number of carbonyl (C=O) groups excluding carboxylic acids is 1. The maximum atomic E-state index is 12.5. The van der Waals surface area contributed by atoms with Gasteiger partial charge in [0, 0.05) is 28.7 Å². The number of aromatic amines is 2. The molecule has 2 aromatic carbocycles. The van der Waals surface area contributed by atoms with Gasteiger partial charge in [-0.3, -0.25) is 14.2 Å². The number of hydrogen-bond acceptors (Lipinski definition) is 3. The Morgan fingerprint density at radius 3 is 2.75 bits per heavy atom. The predicted molar refractivity (Wildman–Crippen MR) is 109 cm³/mol. The summed E-state index contributed by atoms with van der Waals surface area (Å²) in [5.41, 5.74) is 1.36. The van der Waals surface area contributed by atoms with Gasteiger partial charge < -0.3 is 15.3 Å². The number of H-pyrrole nitrogens is 2. The highest BCUT2D eigenvalue weighted by molar-refractivity contribution is 6.31. The highest BCUT2D eigenvalue weighted by atomic mass is 35.5. The van der Waals surface area contributed by atoms with Crippen molar-refractivity contribution in [3.63, 3.8) is 0 Å². The lowest BCUT2D eigenvalue weighted by Crippen LogP contribution is -2.41. The summed E-state index contributed by atoms with van der Waals surface area (Å²) in [4.78, 5) is 42.6. The molecule has 0 aliphatic rings. The number of aromatic nitrogens is 3. The van der Waals surface area contributed by atoms with E-state index in [4.69, 9.17) is 11.6 Å².